The second-order valence-electron chi connectivity index (χ2n) is 9.02. The zero-order valence-electron chi connectivity index (χ0n) is 17.8. The lowest BCUT2D eigenvalue weighted by Crippen LogP contribution is -2.30. The molecule has 1 N–H and O–H groups in total. The number of ether oxygens (including phenoxy) is 2. The molecule has 0 bridgehead atoms. The molecule has 0 radical (unpaired) electrons. The van der Waals surface area contributed by atoms with Gasteiger partial charge in [0.15, 0.2) is 11.5 Å². The highest BCUT2D eigenvalue weighted by molar-refractivity contribution is 6.16. The molecule has 2 aliphatic rings. The molecule has 2 aliphatic heterocycles. The molecule has 0 spiro atoms. The average Bonchev–Trinajstić information content (AvgIpc) is 2.95. The zero-order chi connectivity index (χ0) is 20.1. The van der Waals surface area contributed by atoms with Crippen molar-refractivity contribution in [3.05, 3.63) is 52.6 Å². The predicted octanol–water partition coefficient (Wildman–Crippen LogP) is 5.01. The standard InChI is InChI=1S/C24H30N2O2/c1-7-25-17-10-8-9-15(11-17)21-20-16(13-23(2,3)26-21)12-19(27-6)22-18(20)14-24(4,5)28-22/h8-12,25H,7,13-14H2,1-6H3. The summed E-state index contributed by atoms with van der Waals surface area (Å²) in [5, 5.41) is 3.42. The number of methoxy groups -OCH3 is 1. The van der Waals surface area contributed by atoms with Crippen molar-refractivity contribution < 1.29 is 9.47 Å². The molecule has 4 rings (SSSR count). The van der Waals surface area contributed by atoms with Crippen molar-refractivity contribution in [2.75, 3.05) is 19.0 Å². The Kier molecular flexibility index (Phi) is 4.40. The minimum atomic E-state index is -0.242. The molecule has 0 atom stereocenters. The van der Waals surface area contributed by atoms with E-state index in [1.165, 1.54) is 16.7 Å². The summed E-state index contributed by atoms with van der Waals surface area (Å²) in [4.78, 5) is 5.20. The quantitative estimate of drug-likeness (QED) is 0.813. The SMILES string of the molecule is CCNc1cccc(C2=NC(C)(C)Cc3cc(OC)c4c(c32)CC(C)(C)O4)c1. The van der Waals surface area contributed by atoms with E-state index in [9.17, 15) is 0 Å². The van der Waals surface area contributed by atoms with E-state index in [0.717, 1.165) is 47.8 Å². The van der Waals surface area contributed by atoms with Gasteiger partial charge in [0.2, 0.25) is 0 Å². The summed E-state index contributed by atoms with van der Waals surface area (Å²) in [5.74, 6) is 1.71. The highest BCUT2D eigenvalue weighted by atomic mass is 16.5. The van der Waals surface area contributed by atoms with Gasteiger partial charge in [0, 0.05) is 35.3 Å². The second-order valence-corrected chi connectivity index (χ2v) is 9.02. The van der Waals surface area contributed by atoms with Gasteiger partial charge in [0.25, 0.3) is 0 Å². The van der Waals surface area contributed by atoms with E-state index in [-0.39, 0.29) is 11.1 Å². The summed E-state index contributed by atoms with van der Waals surface area (Å²) in [6, 6.07) is 10.7. The Hall–Kier alpha value is -2.49. The van der Waals surface area contributed by atoms with Crippen LogP contribution >= 0.6 is 0 Å². The highest BCUT2D eigenvalue weighted by Crippen LogP contribution is 2.47. The molecule has 4 heteroatoms. The van der Waals surface area contributed by atoms with Gasteiger partial charge in [-0.25, -0.2) is 0 Å². The molecule has 0 amide bonds. The first kappa shape index (κ1) is 18.9. The Morgan fingerprint density at radius 1 is 1.14 bits per heavy atom. The third-order valence-electron chi connectivity index (χ3n) is 5.42. The van der Waals surface area contributed by atoms with Crippen molar-refractivity contribution in [1.29, 1.82) is 0 Å². The summed E-state index contributed by atoms with van der Waals surface area (Å²) in [6.07, 6.45) is 1.75. The van der Waals surface area contributed by atoms with Crippen LogP contribution in [-0.2, 0) is 12.8 Å². The number of hydrogen-bond donors (Lipinski definition) is 1. The fraction of sp³-hybridized carbons (Fsp3) is 0.458. The number of aliphatic imine (C=N–C) groups is 1. The van der Waals surface area contributed by atoms with E-state index in [4.69, 9.17) is 14.5 Å². The monoisotopic (exact) mass is 378 g/mol. The molecule has 0 saturated heterocycles. The zero-order valence-corrected chi connectivity index (χ0v) is 17.8. The number of anilines is 1. The van der Waals surface area contributed by atoms with Gasteiger partial charge in [0.1, 0.15) is 5.60 Å². The number of nitrogens with one attached hydrogen (secondary N) is 1. The molecule has 4 nitrogen and oxygen atoms in total. The lowest BCUT2D eigenvalue weighted by atomic mass is 9.81. The van der Waals surface area contributed by atoms with E-state index >= 15 is 0 Å². The minimum absolute atomic E-state index is 0.162. The molecule has 0 saturated carbocycles. The van der Waals surface area contributed by atoms with Crippen molar-refractivity contribution >= 4 is 11.4 Å². The lowest BCUT2D eigenvalue weighted by molar-refractivity contribution is 0.134. The number of fused-ring (bicyclic) bond motifs is 3. The summed E-state index contributed by atoms with van der Waals surface area (Å²) < 4.78 is 12.0. The molecule has 0 aliphatic carbocycles. The Bertz CT molecular complexity index is 957. The van der Waals surface area contributed by atoms with Crippen molar-refractivity contribution in [2.24, 2.45) is 4.99 Å². The van der Waals surface area contributed by atoms with Crippen LogP contribution in [0.5, 0.6) is 11.5 Å². The molecule has 148 valence electrons. The van der Waals surface area contributed by atoms with Gasteiger partial charge < -0.3 is 14.8 Å². The van der Waals surface area contributed by atoms with Gasteiger partial charge in [-0.05, 0) is 64.8 Å². The Balaban J connectivity index is 1.94. The molecule has 2 aromatic rings. The van der Waals surface area contributed by atoms with Crippen LogP contribution < -0.4 is 14.8 Å². The summed E-state index contributed by atoms with van der Waals surface area (Å²) in [7, 11) is 1.72. The van der Waals surface area contributed by atoms with Crippen molar-refractivity contribution in [2.45, 2.75) is 58.6 Å². The fourth-order valence-electron chi connectivity index (χ4n) is 4.41. The topological polar surface area (TPSA) is 42.9 Å². The van der Waals surface area contributed by atoms with Gasteiger partial charge in [-0.3, -0.25) is 4.99 Å². The number of nitrogens with zero attached hydrogens (tertiary/aromatic N) is 1. The second kappa shape index (κ2) is 6.54. The summed E-state index contributed by atoms with van der Waals surface area (Å²) in [5.41, 5.74) is 6.67. The van der Waals surface area contributed by atoms with Gasteiger partial charge in [0.05, 0.1) is 18.4 Å². The van der Waals surface area contributed by atoms with Crippen LogP contribution in [0.1, 0.15) is 56.9 Å². The minimum Gasteiger partial charge on any atom is -0.493 e. The van der Waals surface area contributed by atoms with Crippen LogP contribution in [0.2, 0.25) is 0 Å². The van der Waals surface area contributed by atoms with Gasteiger partial charge in [-0.1, -0.05) is 12.1 Å². The Morgan fingerprint density at radius 3 is 2.64 bits per heavy atom. The maximum absolute atomic E-state index is 6.29. The molecule has 0 fully saturated rings. The third kappa shape index (κ3) is 3.25. The normalized spacial score (nSPS) is 18.6. The van der Waals surface area contributed by atoms with Gasteiger partial charge >= 0.3 is 0 Å². The smallest absolute Gasteiger partial charge is 0.166 e. The van der Waals surface area contributed by atoms with Gasteiger partial charge in [-0.15, -0.1) is 0 Å². The van der Waals surface area contributed by atoms with Crippen LogP contribution in [0.3, 0.4) is 0 Å². The highest BCUT2D eigenvalue weighted by Gasteiger charge is 2.39. The molecule has 0 unspecified atom stereocenters. The van der Waals surface area contributed by atoms with Gasteiger partial charge in [-0.2, -0.15) is 0 Å². The lowest BCUT2D eigenvalue weighted by Gasteiger charge is -2.31. The largest absolute Gasteiger partial charge is 0.493 e. The van der Waals surface area contributed by atoms with Crippen LogP contribution in [0.25, 0.3) is 0 Å². The van der Waals surface area contributed by atoms with E-state index in [1.54, 1.807) is 7.11 Å². The van der Waals surface area contributed by atoms with E-state index < -0.39 is 0 Å². The molecule has 2 aromatic carbocycles. The number of benzene rings is 2. The first-order valence-electron chi connectivity index (χ1n) is 10.1. The maximum Gasteiger partial charge on any atom is 0.166 e. The van der Waals surface area contributed by atoms with E-state index in [1.807, 2.05) is 0 Å². The van der Waals surface area contributed by atoms with Crippen LogP contribution in [0, 0.1) is 0 Å². The van der Waals surface area contributed by atoms with E-state index in [0.29, 0.717) is 0 Å². The van der Waals surface area contributed by atoms with Crippen LogP contribution in [0.4, 0.5) is 5.69 Å². The number of rotatable bonds is 4. The molecule has 0 aromatic heterocycles. The molecular formula is C24H30N2O2. The third-order valence-corrected chi connectivity index (χ3v) is 5.42. The summed E-state index contributed by atoms with van der Waals surface area (Å²) in [6.45, 7) is 11.7. The van der Waals surface area contributed by atoms with E-state index in [2.05, 4.69) is 70.3 Å². The Labute approximate surface area is 168 Å². The maximum atomic E-state index is 6.29. The first-order chi connectivity index (χ1) is 13.2. The van der Waals surface area contributed by atoms with Crippen molar-refractivity contribution in [3.63, 3.8) is 0 Å². The molecule has 2 heterocycles. The van der Waals surface area contributed by atoms with Crippen molar-refractivity contribution in [3.8, 4) is 11.5 Å². The number of hydrogen-bond acceptors (Lipinski definition) is 4. The van der Waals surface area contributed by atoms with Crippen molar-refractivity contribution in [1.82, 2.24) is 0 Å². The van der Waals surface area contributed by atoms with Crippen LogP contribution in [-0.4, -0.2) is 30.5 Å². The first-order valence-corrected chi connectivity index (χ1v) is 10.1. The summed E-state index contributed by atoms with van der Waals surface area (Å²) >= 11 is 0. The molecular weight excluding hydrogens is 348 g/mol. The van der Waals surface area contributed by atoms with Crippen LogP contribution in [0.15, 0.2) is 35.3 Å². The Morgan fingerprint density at radius 2 is 1.93 bits per heavy atom. The fourth-order valence-corrected chi connectivity index (χ4v) is 4.41. The average molecular weight is 379 g/mol. The molecule has 28 heavy (non-hydrogen) atoms. The predicted molar refractivity (Wildman–Crippen MR) is 115 cm³/mol.